The molecule has 0 saturated carbocycles. The van der Waals surface area contributed by atoms with Gasteiger partial charge in [-0.3, -0.25) is 0 Å². The SMILES string of the molecule is Cc1ccc(C(Br)c2cccs2)c(Cl)c1. The van der Waals surface area contributed by atoms with Crippen molar-refractivity contribution in [3.8, 4) is 0 Å². The van der Waals surface area contributed by atoms with Gasteiger partial charge in [-0.05, 0) is 35.6 Å². The van der Waals surface area contributed by atoms with E-state index in [1.54, 1.807) is 11.3 Å². The van der Waals surface area contributed by atoms with E-state index in [0.717, 1.165) is 10.6 Å². The highest BCUT2D eigenvalue weighted by Crippen LogP contribution is 2.37. The average molecular weight is 302 g/mol. The van der Waals surface area contributed by atoms with Gasteiger partial charge in [0.05, 0.1) is 4.83 Å². The Morgan fingerprint density at radius 1 is 1.33 bits per heavy atom. The highest BCUT2D eigenvalue weighted by molar-refractivity contribution is 9.09. The fourth-order valence-electron chi connectivity index (χ4n) is 1.43. The second-order valence-electron chi connectivity index (χ2n) is 3.40. The Hall–Kier alpha value is -0.310. The third-order valence-electron chi connectivity index (χ3n) is 2.22. The van der Waals surface area contributed by atoms with Gasteiger partial charge in [-0.25, -0.2) is 0 Å². The van der Waals surface area contributed by atoms with Crippen molar-refractivity contribution in [3.63, 3.8) is 0 Å². The van der Waals surface area contributed by atoms with Gasteiger partial charge in [0.2, 0.25) is 0 Å². The van der Waals surface area contributed by atoms with E-state index in [4.69, 9.17) is 11.6 Å². The zero-order valence-corrected chi connectivity index (χ0v) is 11.4. The van der Waals surface area contributed by atoms with Gasteiger partial charge in [-0.1, -0.05) is 45.7 Å². The Morgan fingerprint density at radius 3 is 2.73 bits per heavy atom. The standard InChI is InChI=1S/C12H10BrClS/c1-8-4-5-9(10(14)7-8)12(13)11-3-2-6-15-11/h2-7,12H,1H3. The molecule has 0 aliphatic rings. The molecule has 2 aromatic rings. The van der Waals surface area contributed by atoms with Crippen molar-refractivity contribution in [2.45, 2.75) is 11.8 Å². The van der Waals surface area contributed by atoms with Crippen LogP contribution in [0.1, 0.15) is 20.8 Å². The van der Waals surface area contributed by atoms with Crippen LogP contribution < -0.4 is 0 Å². The lowest BCUT2D eigenvalue weighted by Gasteiger charge is -2.10. The lowest BCUT2D eigenvalue weighted by Crippen LogP contribution is -1.91. The summed E-state index contributed by atoms with van der Waals surface area (Å²) >= 11 is 11.6. The summed E-state index contributed by atoms with van der Waals surface area (Å²) in [4.78, 5) is 1.48. The van der Waals surface area contributed by atoms with Crippen molar-refractivity contribution in [3.05, 3.63) is 56.7 Å². The zero-order valence-electron chi connectivity index (χ0n) is 8.21. The molecule has 0 nitrogen and oxygen atoms in total. The highest BCUT2D eigenvalue weighted by atomic mass is 79.9. The summed E-state index contributed by atoms with van der Waals surface area (Å²) in [6.07, 6.45) is 0. The largest absolute Gasteiger partial charge is 0.147 e. The van der Waals surface area contributed by atoms with E-state index >= 15 is 0 Å². The maximum Gasteiger partial charge on any atom is 0.0752 e. The van der Waals surface area contributed by atoms with Gasteiger partial charge < -0.3 is 0 Å². The van der Waals surface area contributed by atoms with Crippen molar-refractivity contribution >= 4 is 38.9 Å². The molecule has 1 unspecified atom stereocenters. The monoisotopic (exact) mass is 300 g/mol. The second-order valence-corrected chi connectivity index (χ2v) is 5.71. The van der Waals surface area contributed by atoms with Crippen LogP contribution in [0.15, 0.2) is 35.7 Å². The van der Waals surface area contributed by atoms with Crippen LogP contribution in [-0.2, 0) is 0 Å². The topological polar surface area (TPSA) is 0 Å². The van der Waals surface area contributed by atoms with Crippen LogP contribution in [-0.4, -0.2) is 0 Å². The molecule has 0 aliphatic heterocycles. The summed E-state index contributed by atoms with van der Waals surface area (Å²) in [7, 11) is 0. The maximum absolute atomic E-state index is 6.22. The molecule has 1 heterocycles. The third-order valence-corrected chi connectivity index (χ3v) is 4.78. The first-order chi connectivity index (χ1) is 7.18. The summed E-state index contributed by atoms with van der Waals surface area (Å²) in [5.41, 5.74) is 2.32. The Bertz CT molecular complexity index is 451. The predicted molar refractivity (Wildman–Crippen MR) is 71.3 cm³/mol. The van der Waals surface area contributed by atoms with Gasteiger partial charge in [0, 0.05) is 9.90 Å². The van der Waals surface area contributed by atoms with Crippen molar-refractivity contribution in [2.24, 2.45) is 0 Å². The van der Waals surface area contributed by atoms with E-state index in [9.17, 15) is 0 Å². The van der Waals surface area contributed by atoms with Crippen molar-refractivity contribution in [1.82, 2.24) is 0 Å². The number of alkyl halides is 1. The molecular weight excluding hydrogens is 292 g/mol. The van der Waals surface area contributed by atoms with Gasteiger partial charge in [-0.2, -0.15) is 0 Å². The Morgan fingerprint density at radius 2 is 2.13 bits per heavy atom. The molecule has 2 rings (SSSR count). The molecular formula is C12H10BrClS. The van der Waals surface area contributed by atoms with Crippen molar-refractivity contribution in [2.75, 3.05) is 0 Å². The lowest BCUT2D eigenvalue weighted by molar-refractivity contribution is 1.22. The minimum absolute atomic E-state index is 0.200. The van der Waals surface area contributed by atoms with Crippen LogP contribution in [0.4, 0.5) is 0 Å². The number of benzene rings is 1. The molecule has 0 saturated heterocycles. The number of thiophene rings is 1. The number of hydrogen-bond donors (Lipinski definition) is 0. The molecule has 0 amide bonds. The molecule has 1 aromatic heterocycles. The van der Waals surface area contributed by atoms with E-state index in [-0.39, 0.29) is 4.83 Å². The van der Waals surface area contributed by atoms with E-state index in [2.05, 4.69) is 45.6 Å². The number of rotatable bonds is 2. The first-order valence-electron chi connectivity index (χ1n) is 4.62. The summed E-state index contributed by atoms with van der Waals surface area (Å²) in [5, 5.41) is 2.90. The Kier molecular flexibility index (Phi) is 3.49. The van der Waals surface area contributed by atoms with Gasteiger partial charge in [-0.15, -0.1) is 11.3 Å². The van der Waals surface area contributed by atoms with E-state index in [0.29, 0.717) is 0 Å². The molecule has 1 atom stereocenters. The Labute approximate surface area is 107 Å². The zero-order chi connectivity index (χ0) is 10.8. The smallest absolute Gasteiger partial charge is 0.0752 e. The Balaban J connectivity index is 2.38. The number of halogens is 2. The molecule has 15 heavy (non-hydrogen) atoms. The fraction of sp³-hybridized carbons (Fsp3) is 0.167. The maximum atomic E-state index is 6.22. The molecule has 0 fully saturated rings. The van der Waals surface area contributed by atoms with Gasteiger partial charge in [0.25, 0.3) is 0 Å². The van der Waals surface area contributed by atoms with Crippen LogP contribution in [0.25, 0.3) is 0 Å². The molecule has 0 radical (unpaired) electrons. The fourth-order valence-corrected chi connectivity index (χ4v) is 3.50. The normalized spacial score (nSPS) is 12.7. The quantitative estimate of drug-likeness (QED) is 0.669. The molecule has 1 aromatic carbocycles. The average Bonchev–Trinajstić information content (AvgIpc) is 2.69. The van der Waals surface area contributed by atoms with Gasteiger partial charge in [0.15, 0.2) is 0 Å². The number of aryl methyl sites for hydroxylation is 1. The predicted octanol–water partition coefficient (Wildman–Crippen LogP) is 5.19. The lowest BCUT2D eigenvalue weighted by atomic mass is 10.1. The van der Waals surface area contributed by atoms with E-state index in [1.165, 1.54) is 10.4 Å². The van der Waals surface area contributed by atoms with E-state index < -0.39 is 0 Å². The molecule has 0 spiro atoms. The first-order valence-corrected chi connectivity index (χ1v) is 6.79. The summed E-state index contributed by atoms with van der Waals surface area (Å²) in [6, 6.07) is 10.3. The molecule has 0 N–H and O–H groups in total. The molecule has 3 heteroatoms. The minimum atomic E-state index is 0.200. The van der Waals surface area contributed by atoms with Gasteiger partial charge >= 0.3 is 0 Å². The molecule has 0 aliphatic carbocycles. The summed E-state index contributed by atoms with van der Waals surface area (Å²) < 4.78 is 0. The van der Waals surface area contributed by atoms with Crippen LogP contribution >= 0.6 is 38.9 Å². The van der Waals surface area contributed by atoms with Crippen molar-refractivity contribution in [1.29, 1.82) is 0 Å². The second kappa shape index (κ2) is 4.69. The molecule has 78 valence electrons. The van der Waals surface area contributed by atoms with Gasteiger partial charge in [0.1, 0.15) is 0 Å². The van der Waals surface area contributed by atoms with Crippen LogP contribution in [0, 0.1) is 6.92 Å². The summed E-state index contributed by atoms with van der Waals surface area (Å²) in [5.74, 6) is 0. The minimum Gasteiger partial charge on any atom is -0.147 e. The number of hydrogen-bond acceptors (Lipinski definition) is 1. The third kappa shape index (κ3) is 2.44. The molecule has 0 bridgehead atoms. The van der Waals surface area contributed by atoms with Crippen molar-refractivity contribution < 1.29 is 0 Å². The highest BCUT2D eigenvalue weighted by Gasteiger charge is 2.14. The van der Waals surface area contributed by atoms with Crippen LogP contribution in [0.3, 0.4) is 0 Å². The van der Waals surface area contributed by atoms with Crippen LogP contribution in [0.5, 0.6) is 0 Å². The van der Waals surface area contributed by atoms with E-state index in [1.807, 2.05) is 13.0 Å². The summed E-state index contributed by atoms with van der Waals surface area (Å²) in [6.45, 7) is 2.05. The first kappa shape index (κ1) is 11.2. The van der Waals surface area contributed by atoms with Crippen LogP contribution in [0.2, 0.25) is 5.02 Å².